The maximum atomic E-state index is 12.8. The van der Waals surface area contributed by atoms with Crippen LogP contribution in [0.25, 0.3) is 0 Å². The molecule has 0 atom stereocenters. The number of aromatic hydroxyl groups is 8. The number of fused-ring (bicyclic) bond motifs is 8. The first-order chi connectivity index (χ1) is 36.2. The molecule has 0 amide bonds. The first-order valence-electron chi connectivity index (χ1n) is 27.3. The van der Waals surface area contributed by atoms with Gasteiger partial charge in [0.1, 0.15) is 46.0 Å². The standard InChI is InChI=1S/C64H88O12/c1-13-17-21-73-33-53-57(65)45-29-46(58(53)66)42(26-38(7)8)48-31-50(62(70)55(60(48)68)35-75-23-19-15-3)44(28-40(11)12)52-32-51(63(71)56(64(52)72)36-76-24-20-16-4)43(27-39(9)10)49-30-47(41(45)25-37(5)6)59(67)54(61(49)69)34-74-22-18-14-2/h13-16,29-32,37-44,65-72H,1-4,17-28,33-36H2,5-12H3. The summed E-state index contributed by atoms with van der Waals surface area (Å²) in [6, 6.07) is 7.05. The Morgan fingerprint density at radius 1 is 0.329 bits per heavy atom. The van der Waals surface area contributed by atoms with Gasteiger partial charge < -0.3 is 59.8 Å². The fraction of sp³-hybridized carbons (Fsp3) is 0.500. The second-order valence-corrected chi connectivity index (χ2v) is 22.2. The second kappa shape index (κ2) is 28.5. The maximum absolute atomic E-state index is 12.8. The Bertz CT molecular complexity index is 2150. The van der Waals surface area contributed by atoms with Crippen LogP contribution in [0.4, 0.5) is 0 Å². The molecule has 12 heteroatoms. The van der Waals surface area contributed by atoms with Crippen LogP contribution in [0.2, 0.25) is 0 Å². The summed E-state index contributed by atoms with van der Waals surface area (Å²) >= 11 is 0. The average molecular weight is 1050 g/mol. The molecule has 8 N–H and O–H groups in total. The van der Waals surface area contributed by atoms with Crippen LogP contribution in [0, 0.1) is 23.7 Å². The van der Waals surface area contributed by atoms with E-state index in [0.717, 1.165) is 0 Å². The molecule has 1 aliphatic carbocycles. The Kier molecular flexibility index (Phi) is 22.8. The fourth-order valence-electron chi connectivity index (χ4n) is 10.7. The SMILES string of the molecule is C=CCCOCc1c(O)c2cc(c1O)C(CC(C)C)c1cc(c(O)c(COCCC=C)c1O)C(CC(C)C)c1cc(c(O)c(COCCC=C)c1O)C(CC(C)C)c1cc(c(O)c(COCCC=C)c1O)C2CC(C)C. The highest BCUT2D eigenvalue weighted by atomic mass is 16.5. The lowest BCUT2D eigenvalue weighted by Crippen LogP contribution is -2.16. The van der Waals surface area contributed by atoms with Crippen molar-refractivity contribution >= 4 is 0 Å². The summed E-state index contributed by atoms with van der Waals surface area (Å²) in [5, 5.41) is 102. The molecule has 0 saturated carbocycles. The zero-order chi connectivity index (χ0) is 56.0. The smallest absolute Gasteiger partial charge is 0.128 e. The molecule has 8 bridgehead atoms. The van der Waals surface area contributed by atoms with Crippen LogP contribution in [0.15, 0.2) is 74.9 Å². The van der Waals surface area contributed by atoms with Gasteiger partial charge in [-0.2, -0.15) is 0 Å². The summed E-state index contributed by atoms with van der Waals surface area (Å²) in [4.78, 5) is 0. The van der Waals surface area contributed by atoms with Gasteiger partial charge in [0, 0.05) is 68.2 Å². The van der Waals surface area contributed by atoms with E-state index in [2.05, 4.69) is 26.3 Å². The van der Waals surface area contributed by atoms with Gasteiger partial charge in [-0.05, 0) is 99.3 Å². The summed E-state index contributed by atoms with van der Waals surface area (Å²) in [5.74, 6) is -5.26. The van der Waals surface area contributed by atoms with Crippen molar-refractivity contribution in [1.82, 2.24) is 0 Å². The van der Waals surface area contributed by atoms with Crippen molar-refractivity contribution in [3.8, 4) is 46.0 Å². The van der Waals surface area contributed by atoms with Crippen LogP contribution in [-0.2, 0) is 45.4 Å². The van der Waals surface area contributed by atoms with Gasteiger partial charge in [0.2, 0.25) is 0 Å². The van der Waals surface area contributed by atoms with Crippen LogP contribution in [0.1, 0.15) is 197 Å². The summed E-state index contributed by atoms with van der Waals surface area (Å²) in [6.45, 7) is 31.8. The molecule has 0 radical (unpaired) electrons. The molecule has 0 fully saturated rings. The number of phenolic OH excluding ortho intramolecular Hbond substituents is 8. The van der Waals surface area contributed by atoms with E-state index in [1.54, 1.807) is 48.6 Å². The summed E-state index contributed by atoms with van der Waals surface area (Å²) < 4.78 is 24.5. The largest absolute Gasteiger partial charge is 0.507 e. The Balaban J connectivity index is 2.15. The molecule has 76 heavy (non-hydrogen) atoms. The van der Waals surface area contributed by atoms with E-state index in [4.69, 9.17) is 18.9 Å². The molecule has 5 rings (SSSR count). The molecular formula is C64H88O12. The predicted molar refractivity (Wildman–Crippen MR) is 302 cm³/mol. The van der Waals surface area contributed by atoms with Crippen molar-refractivity contribution in [2.24, 2.45) is 23.7 Å². The second-order valence-electron chi connectivity index (χ2n) is 22.2. The fourth-order valence-corrected chi connectivity index (χ4v) is 10.7. The highest BCUT2D eigenvalue weighted by Crippen LogP contribution is 2.56. The molecule has 4 aromatic rings. The third-order valence-electron chi connectivity index (χ3n) is 14.4. The Morgan fingerprint density at radius 3 is 0.618 bits per heavy atom. The number of hydrogen-bond acceptors (Lipinski definition) is 12. The lowest BCUT2D eigenvalue weighted by atomic mass is 9.73. The topological polar surface area (TPSA) is 199 Å². The van der Waals surface area contributed by atoms with Gasteiger partial charge in [0.25, 0.3) is 0 Å². The van der Waals surface area contributed by atoms with Crippen molar-refractivity contribution in [2.45, 2.75) is 157 Å². The highest BCUT2D eigenvalue weighted by Gasteiger charge is 2.38. The summed E-state index contributed by atoms with van der Waals surface area (Å²) in [6.07, 6.45) is 10.4. The van der Waals surface area contributed by atoms with Crippen molar-refractivity contribution in [1.29, 1.82) is 0 Å². The highest BCUT2D eigenvalue weighted by molar-refractivity contribution is 5.67. The molecule has 1 aliphatic rings. The van der Waals surface area contributed by atoms with Crippen LogP contribution in [0.5, 0.6) is 46.0 Å². The summed E-state index contributed by atoms with van der Waals surface area (Å²) in [5.41, 5.74) is 3.40. The normalized spacial score (nSPS) is 16.5. The number of rotatable bonds is 28. The van der Waals surface area contributed by atoms with Crippen LogP contribution < -0.4 is 0 Å². The molecule has 0 saturated heterocycles. The van der Waals surface area contributed by atoms with Gasteiger partial charge >= 0.3 is 0 Å². The van der Waals surface area contributed by atoms with E-state index in [9.17, 15) is 40.9 Å². The predicted octanol–water partition coefficient (Wildman–Crippen LogP) is 14.7. The van der Waals surface area contributed by atoms with Crippen molar-refractivity contribution in [2.75, 3.05) is 26.4 Å². The molecule has 416 valence electrons. The van der Waals surface area contributed by atoms with Crippen molar-refractivity contribution < 1.29 is 59.8 Å². The van der Waals surface area contributed by atoms with Gasteiger partial charge in [0.15, 0.2) is 0 Å². The van der Waals surface area contributed by atoms with Gasteiger partial charge in [-0.25, -0.2) is 0 Å². The van der Waals surface area contributed by atoms with E-state index in [1.807, 2.05) is 55.4 Å². The van der Waals surface area contributed by atoms with Gasteiger partial charge in [-0.3, -0.25) is 0 Å². The summed E-state index contributed by atoms with van der Waals surface area (Å²) in [7, 11) is 0. The minimum Gasteiger partial charge on any atom is -0.507 e. The molecule has 4 aromatic carbocycles. The van der Waals surface area contributed by atoms with E-state index in [1.165, 1.54) is 0 Å². The number of ether oxygens (including phenoxy) is 4. The molecule has 0 unspecified atom stereocenters. The monoisotopic (exact) mass is 1050 g/mol. The number of phenols is 8. The molecule has 0 spiro atoms. The van der Waals surface area contributed by atoms with Gasteiger partial charge in [0.05, 0.1) is 75.1 Å². The zero-order valence-electron chi connectivity index (χ0n) is 46.6. The van der Waals surface area contributed by atoms with E-state index in [-0.39, 0.29) is 145 Å². The minimum absolute atomic E-state index is 0.0426. The van der Waals surface area contributed by atoms with Crippen LogP contribution in [-0.4, -0.2) is 67.3 Å². The van der Waals surface area contributed by atoms with Crippen LogP contribution >= 0.6 is 0 Å². The van der Waals surface area contributed by atoms with Crippen molar-refractivity contribution in [3.63, 3.8) is 0 Å². The number of benzene rings is 4. The molecule has 12 nitrogen and oxygen atoms in total. The molecular weight excluding hydrogens is 961 g/mol. The van der Waals surface area contributed by atoms with E-state index in [0.29, 0.717) is 95.9 Å². The first kappa shape index (κ1) is 60.9. The Hall–Kier alpha value is -5.92. The van der Waals surface area contributed by atoms with Gasteiger partial charge in [-0.1, -0.05) is 79.7 Å². The lowest BCUT2D eigenvalue weighted by molar-refractivity contribution is 0.121. The van der Waals surface area contributed by atoms with E-state index < -0.39 is 23.7 Å². The molecule has 0 aromatic heterocycles. The van der Waals surface area contributed by atoms with E-state index >= 15 is 0 Å². The maximum Gasteiger partial charge on any atom is 0.128 e. The zero-order valence-corrected chi connectivity index (χ0v) is 46.6. The average Bonchev–Trinajstić information content (AvgIpc) is 3.35. The first-order valence-corrected chi connectivity index (χ1v) is 27.3. The van der Waals surface area contributed by atoms with Gasteiger partial charge in [-0.15, -0.1) is 26.3 Å². The quantitative estimate of drug-likeness (QED) is 0.0198. The van der Waals surface area contributed by atoms with Crippen molar-refractivity contribution in [3.05, 3.63) is 142 Å². The third kappa shape index (κ3) is 14.4. The Morgan fingerprint density at radius 2 is 0.487 bits per heavy atom. The Labute approximate surface area is 452 Å². The molecule has 0 aliphatic heterocycles. The van der Waals surface area contributed by atoms with Crippen LogP contribution in [0.3, 0.4) is 0 Å². The number of hydrogen-bond donors (Lipinski definition) is 8. The minimum atomic E-state index is -0.795. The third-order valence-corrected chi connectivity index (χ3v) is 14.4. The lowest BCUT2D eigenvalue weighted by Gasteiger charge is -2.33. The molecule has 0 heterocycles.